The smallest absolute Gasteiger partial charge is 0.181 e. The third-order valence-corrected chi connectivity index (χ3v) is 2.76. The van der Waals surface area contributed by atoms with Crippen molar-refractivity contribution in [3.8, 4) is 0 Å². The minimum absolute atomic E-state index is 0.0949. The molecular formula is C14H17F2N3. The number of hydrogen-bond donors (Lipinski definition) is 1. The molecule has 0 saturated heterocycles. The summed E-state index contributed by atoms with van der Waals surface area (Å²) in [4.78, 5) is 0. The molecule has 102 valence electrons. The zero-order chi connectivity index (χ0) is 14.0. The van der Waals surface area contributed by atoms with Crippen molar-refractivity contribution in [3.05, 3.63) is 47.8 Å². The summed E-state index contributed by atoms with van der Waals surface area (Å²) in [5, 5.41) is 7.12. The molecule has 0 saturated carbocycles. The van der Waals surface area contributed by atoms with E-state index in [1.54, 1.807) is 6.20 Å². The third-order valence-electron chi connectivity index (χ3n) is 2.76. The zero-order valence-electron chi connectivity index (χ0n) is 11.2. The summed E-state index contributed by atoms with van der Waals surface area (Å²) in [6.07, 6.45) is 3.61. The van der Waals surface area contributed by atoms with E-state index in [0.29, 0.717) is 6.54 Å². The number of hydrogen-bond acceptors (Lipinski definition) is 2. The van der Waals surface area contributed by atoms with Crippen molar-refractivity contribution in [1.29, 1.82) is 0 Å². The fourth-order valence-electron chi connectivity index (χ4n) is 1.66. The van der Waals surface area contributed by atoms with E-state index in [1.165, 1.54) is 12.1 Å². The molecule has 1 aromatic heterocycles. The minimum atomic E-state index is -0.856. The van der Waals surface area contributed by atoms with Crippen LogP contribution in [0.2, 0.25) is 0 Å². The number of halogens is 2. The summed E-state index contributed by atoms with van der Waals surface area (Å²) in [6.45, 7) is 6.53. The quantitative estimate of drug-likeness (QED) is 0.920. The Kier molecular flexibility index (Phi) is 3.55. The number of anilines is 1. The molecule has 2 aromatic rings. The van der Waals surface area contributed by atoms with Gasteiger partial charge in [0.05, 0.1) is 17.4 Å². The normalized spacial score (nSPS) is 11.6. The molecule has 0 aliphatic carbocycles. The van der Waals surface area contributed by atoms with Gasteiger partial charge in [-0.15, -0.1) is 0 Å². The van der Waals surface area contributed by atoms with Gasteiger partial charge in [-0.3, -0.25) is 4.68 Å². The maximum Gasteiger partial charge on any atom is 0.181 e. The molecule has 19 heavy (non-hydrogen) atoms. The second-order valence-corrected chi connectivity index (χ2v) is 5.42. The van der Waals surface area contributed by atoms with Crippen molar-refractivity contribution in [3.63, 3.8) is 0 Å². The molecule has 0 aliphatic heterocycles. The summed E-state index contributed by atoms with van der Waals surface area (Å²) < 4.78 is 28.3. The van der Waals surface area contributed by atoms with E-state index in [0.717, 1.165) is 11.6 Å². The SMILES string of the molecule is CC(C)(C)n1cc(CNc2cccc(F)c2F)cn1. The lowest BCUT2D eigenvalue weighted by Crippen LogP contribution is -2.22. The van der Waals surface area contributed by atoms with Crippen molar-refractivity contribution < 1.29 is 8.78 Å². The van der Waals surface area contributed by atoms with Gasteiger partial charge in [-0.25, -0.2) is 8.78 Å². The fourth-order valence-corrected chi connectivity index (χ4v) is 1.66. The van der Waals surface area contributed by atoms with Crippen LogP contribution in [0.5, 0.6) is 0 Å². The summed E-state index contributed by atoms with van der Waals surface area (Å²) in [5.74, 6) is -1.71. The van der Waals surface area contributed by atoms with Crippen LogP contribution >= 0.6 is 0 Å². The Labute approximate surface area is 111 Å². The van der Waals surface area contributed by atoms with Crippen LogP contribution < -0.4 is 5.32 Å². The maximum atomic E-state index is 13.4. The van der Waals surface area contributed by atoms with Gasteiger partial charge in [0, 0.05) is 18.3 Å². The molecule has 0 amide bonds. The molecule has 1 heterocycles. The Balaban J connectivity index is 2.07. The third kappa shape index (κ3) is 3.10. The zero-order valence-corrected chi connectivity index (χ0v) is 11.2. The van der Waals surface area contributed by atoms with Crippen LogP contribution in [0.25, 0.3) is 0 Å². The molecule has 0 unspecified atom stereocenters. The fraction of sp³-hybridized carbons (Fsp3) is 0.357. The van der Waals surface area contributed by atoms with Gasteiger partial charge in [-0.2, -0.15) is 5.10 Å². The van der Waals surface area contributed by atoms with Crippen molar-refractivity contribution in [2.24, 2.45) is 0 Å². The van der Waals surface area contributed by atoms with Crippen LogP contribution in [0.1, 0.15) is 26.3 Å². The van der Waals surface area contributed by atoms with Crippen LogP contribution in [0.3, 0.4) is 0 Å². The van der Waals surface area contributed by atoms with Gasteiger partial charge in [-0.05, 0) is 32.9 Å². The van der Waals surface area contributed by atoms with E-state index in [4.69, 9.17) is 0 Å². The first-order valence-electron chi connectivity index (χ1n) is 6.10. The first-order valence-corrected chi connectivity index (χ1v) is 6.10. The second-order valence-electron chi connectivity index (χ2n) is 5.42. The largest absolute Gasteiger partial charge is 0.378 e. The van der Waals surface area contributed by atoms with E-state index in [1.807, 2.05) is 31.6 Å². The molecule has 1 aromatic carbocycles. The highest BCUT2D eigenvalue weighted by Crippen LogP contribution is 2.18. The predicted molar refractivity (Wildman–Crippen MR) is 70.9 cm³/mol. The van der Waals surface area contributed by atoms with Crippen molar-refractivity contribution >= 4 is 5.69 Å². The highest BCUT2D eigenvalue weighted by molar-refractivity contribution is 5.45. The second kappa shape index (κ2) is 4.99. The number of benzene rings is 1. The van der Waals surface area contributed by atoms with Crippen LogP contribution in [-0.2, 0) is 12.1 Å². The standard InChI is InChI=1S/C14H17F2N3/c1-14(2,3)19-9-10(8-18-19)7-17-12-6-4-5-11(15)13(12)16/h4-6,8-9,17H,7H2,1-3H3. The molecule has 0 radical (unpaired) electrons. The molecule has 3 nitrogen and oxygen atoms in total. The first-order chi connectivity index (χ1) is 8.88. The van der Waals surface area contributed by atoms with Gasteiger partial charge in [0.15, 0.2) is 11.6 Å². The van der Waals surface area contributed by atoms with E-state index in [9.17, 15) is 8.78 Å². The maximum absolute atomic E-state index is 13.4. The summed E-state index contributed by atoms with van der Waals surface area (Å²) in [6, 6.07) is 4.07. The molecule has 2 rings (SSSR count). The monoisotopic (exact) mass is 265 g/mol. The van der Waals surface area contributed by atoms with Gasteiger partial charge >= 0.3 is 0 Å². The van der Waals surface area contributed by atoms with Crippen molar-refractivity contribution in [1.82, 2.24) is 9.78 Å². The Morgan fingerprint density at radius 3 is 2.63 bits per heavy atom. The number of nitrogens with zero attached hydrogens (tertiary/aromatic N) is 2. The highest BCUT2D eigenvalue weighted by Gasteiger charge is 2.14. The van der Waals surface area contributed by atoms with Crippen LogP contribution in [0.15, 0.2) is 30.6 Å². The van der Waals surface area contributed by atoms with E-state index >= 15 is 0 Å². The number of aromatic nitrogens is 2. The first kappa shape index (κ1) is 13.5. The van der Waals surface area contributed by atoms with E-state index < -0.39 is 11.6 Å². The Hall–Kier alpha value is -1.91. The van der Waals surface area contributed by atoms with E-state index in [-0.39, 0.29) is 11.2 Å². The Morgan fingerprint density at radius 2 is 2.00 bits per heavy atom. The summed E-state index contributed by atoms with van der Waals surface area (Å²) in [5.41, 5.74) is 0.976. The molecule has 0 fully saturated rings. The van der Waals surface area contributed by atoms with Crippen LogP contribution in [0.4, 0.5) is 14.5 Å². The highest BCUT2D eigenvalue weighted by atomic mass is 19.2. The lowest BCUT2D eigenvalue weighted by Gasteiger charge is -2.18. The lowest BCUT2D eigenvalue weighted by molar-refractivity contribution is 0.355. The average Bonchev–Trinajstić information content (AvgIpc) is 2.79. The van der Waals surface area contributed by atoms with E-state index in [2.05, 4.69) is 10.4 Å². The van der Waals surface area contributed by atoms with Gasteiger partial charge in [0.25, 0.3) is 0 Å². The Morgan fingerprint density at radius 1 is 1.26 bits per heavy atom. The van der Waals surface area contributed by atoms with Crippen molar-refractivity contribution in [2.45, 2.75) is 32.9 Å². The van der Waals surface area contributed by atoms with Crippen molar-refractivity contribution in [2.75, 3.05) is 5.32 Å². The molecule has 0 spiro atoms. The van der Waals surface area contributed by atoms with Gasteiger partial charge in [-0.1, -0.05) is 6.07 Å². The van der Waals surface area contributed by atoms with Gasteiger partial charge < -0.3 is 5.32 Å². The Bertz CT molecular complexity index is 570. The number of nitrogens with one attached hydrogen (secondary N) is 1. The molecule has 1 N–H and O–H groups in total. The molecule has 0 aliphatic rings. The molecular weight excluding hydrogens is 248 g/mol. The van der Waals surface area contributed by atoms with Crippen LogP contribution in [0, 0.1) is 11.6 Å². The van der Waals surface area contributed by atoms with Gasteiger partial charge in [0.2, 0.25) is 0 Å². The summed E-state index contributed by atoms with van der Waals surface area (Å²) in [7, 11) is 0. The summed E-state index contributed by atoms with van der Waals surface area (Å²) >= 11 is 0. The number of rotatable bonds is 3. The van der Waals surface area contributed by atoms with Crippen LogP contribution in [-0.4, -0.2) is 9.78 Å². The molecule has 5 heteroatoms. The lowest BCUT2D eigenvalue weighted by atomic mass is 10.1. The predicted octanol–water partition coefficient (Wildman–Crippen LogP) is 3.53. The average molecular weight is 265 g/mol. The topological polar surface area (TPSA) is 29.9 Å². The molecule has 0 atom stereocenters. The molecule has 0 bridgehead atoms. The van der Waals surface area contributed by atoms with Gasteiger partial charge in [0.1, 0.15) is 0 Å². The minimum Gasteiger partial charge on any atom is -0.378 e.